The molecule has 4 atom stereocenters. The van der Waals surface area contributed by atoms with Crippen LogP contribution in [0.1, 0.15) is 63.3 Å². The number of hydrogen-bond acceptors (Lipinski definition) is 10. The minimum Gasteiger partial charge on any atom is -0.464 e. The number of hydrogen-bond donors (Lipinski definition) is 6. The van der Waals surface area contributed by atoms with Crippen LogP contribution in [-0.2, 0) is 14.3 Å². The van der Waals surface area contributed by atoms with Crippen molar-refractivity contribution < 1.29 is 33.9 Å². The number of aliphatic hydroxyl groups excluding tert-OH is 2. The lowest BCUT2D eigenvalue weighted by Gasteiger charge is -2.21. The first-order valence-corrected chi connectivity index (χ1v) is 9.59. The van der Waals surface area contributed by atoms with Crippen molar-refractivity contribution in [1.29, 1.82) is 0 Å². The number of amides is 3. The van der Waals surface area contributed by atoms with Crippen LogP contribution in [0.25, 0.3) is 0 Å². The minimum absolute atomic E-state index is 0.0262. The zero-order chi connectivity index (χ0) is 22.7. The summed E-state index contributed by atoms with van der Waals surface area (Å²) in [5.41, 5.74) is 10.8. The molecular weight excluding hydrogens is 400 g/mol. The van der Waals surface area contributed by atoms with Gasteiger partial charge in [-0.25, -0.2) is 9.59 Å². The van der Waals surface area contributed by atoms with Crippen LogP contribution in [0.5, 0.6) is 0 Å². The number of carbonyl (C=O) groups is 3. The largest absolute Gasteiger partial charge is 0.464 e. The number of nitrogens with two attached hydrogens (primary N) is 2. The van der Waals surface area contributed by atoms with E-state index in [4.69, 9.17) is 25.8 Å². The van der Waals surface area contributed by atoms with Crippen molar-refractivity contribution in [3.8, 4) is 0 Å². The Balaban J connectivity index is 2.80. The molecule has 0 radical (unpaired) electrons. The molecule has 1 heterocycles. The maximum absolute atomic E-state index is 12.4. The number of nitrogens with zero attached hydrogens (tertiary/aromatic N) is 2. The molecule has 0 aliphatic carbocycles. The molecular formula is C17H30N6O7. The lowest BCUT2D eigenvalue weighted by atomic mass is 10.1. The third-order valence-corrected chi connectivity index (χ3v) is 4.01. The average Bonchev–Trinajstić information content (AvgIpc) is 3.17. The van der Waals surface area contributed by atoms with Gasteiger partial charge in [-0.2, -0.15) is 4.98 Å². The van der Waals surface area contributed by atoms with E-state index in [9.17, 15) is 19.5 Å². The number of primary amides is 1. The summed E-state index contributed by atoms with van der Waals surface area (Å²) < 4.78 is 10.1. The van der Waals surface area contributed by atoms with E-state index in [-0.39, 0.29) is 24.7 Å². The molecule has 0 saturated heterocycles. The molecule has 1 aromatic heterocycles. The summed E-state index contributed by atoms with van der Waals surface area (Å²) in [6.07, 6.45) is 0.865. The highest BCUT2D eigenvalue weighted by atomic mass is 16.5. The predicted octanol–water partition coefficient (Wildman–Crippen LogP) is -1.24. The number of carbonyl (C=O) groups excluding carboxylic acids is 3. The summed E-state index contributed by atoms with van der Waals surface area (Å²) in [7, 11) is 0. The zero-order valence-electron chi connectivity index (χ0n) is 17.0. The fourth-order valence-corrected chi connectivity index (χ4v) is 2.35. The van der Waals surface area contributed by atoms with E-state index < -0.39 is 48.7 Å². The second-order valence-corrected chi connectivity index (χ2v) is 6.71. The standard InChI is InChI=1S/C17H30N6O7/c1-3-4-5-6-29-16(27)13(9(2)25)21-17(28)20-11(7-12(19)26)15-22-14(23-30-15)10(18)8-24/h9-11,13,24-25H,3-8,18H2,1-2H3,(H2,19,26)(H2,20,21,28)/t9?,10-,11-,13?/m0/s1. The van der Waals surface area contributed by atoms with Gasteiger partial charge in [0.1, 0.15) is 6.04 Å². The van der Waals surface area contributed by atoms with Crippen LogP contribution < -0.4 is 22.1 Å². The smallest absolute Gasteiger partial charge is 0.331 e. The molecule has 0 aliphatic rings. The number of nitrogens with one attached hydrogen (secondary N) is 2. The Labute approximate surface area is 173 Å². The molecule has 0 aliphatic heterocycles. The van der Waals surface area contributed by atoms with Crippen LogP contribution in [0.15, 0.2) is 4.52 Å². The first-order chi connectivity index (χ1) is 14.2. The van der Waals surface area contributed by atoms with Crippen molar-refractivity contribution in [2.45, 2.75) is 63.8 Å². The zero-order valence-corrected chi connectivity index (χ0v) is 17.0. The van der Waals surface area contributed by atoms with Crippen LogP contribution in [-0.4, -0.2) is 63.6 Å². The molecule has 0 fully saturated rings. The number of aromatic nitrogens is 2. The van der Waals surface area contributed by atoms with Gasteiger partial charge in [0.25, 0.3) is 0 Å². The van der Waals surface area contributed by atoms with Crippen LogP contribution in [0.3, 0.4) is 0 Å². The number of ether oxygens (including phenoxy) is 1. The normalized spacial score (nSPS) is 15.0. The summed E-state index contributed by atoms with van der Waals surface area (Å²) in [5, 5.41) is 27.1. The first kappa shape index (κ1) is 25.3. The second-order valence-electron chi connectivity index (χ2n) is 6.71. The van der Waals surface area contributed by atoms with Gasteiger partial charge in [-0.15, -0.1) is 0 Å². The van der Waals surface area contributed by atoms with Gasteiger partial charge in [-0.05, 0) is 13.3 Å². The molecule has 3 amide bonds. The summed E-state index contributed by atoms with van der Waals surface area (Å²) >= 11 is 0. The van der Waals surface area contributed by atoms with Crippen molar-refractivity contribution in [2.75, 3.05) is 13.2 Å². The highest BCUT2D eigenvalue weighted by Crippen LogP contribution is 2.16. The molecule has 2 unspecified atom stereocenters. The molecule has 0 bridgehead atoms. The Hall–Kier alpha value is -2.77. The van der Waals surface area contributed by atoms with Crippen molar-refractivity contribution in [3.05, 3.63) is 11.7 Å². The SMILES string of the molecule is CCCCCOC(=O)C(NC(=O)N[C@@H](CC(N)=O)c1nc([C@@H](N)CO)no1)C(C)O. The molecule has 170 valence electrons. The molecule has 13 heteroatoms. The Morgan fingerprint density at radius 2 is 1.97 bits per heavy atom. The van der Waals surface area contributed by atoms with Gasteiger partial charge < -0.3 is 41.6 Å². The van der Waals surface area contributed by atoms with Gasteiger partial charge in [-0.3, -0.25) is 4.79 Å². The van der Waals surface area contributed by atoms with E-state index in [2.05, 4.69) is 20.8 Å². The fraction of sp³-hybridized carbons (Fsp3) is 0.706. The van der Waals surface area contributed by atoms with E-state index in [1.54, 1.807) is 0 Å². The molecule has 1 aromatic rings. The van der Waals surface area contributed by atoms with Crippen molar-refractivity contribution in [2.24, 2.45) is 11.5 Å². The number of aliphatic hydroxyl groups is 2. The van der Waals surface area contributed by atoms with Crippen LogP contribution in [0, 0.1) is 0 Å². The fourth-order valence-electron chi connectivity index (χ4n) is 2.35. The Kier molecular flexibility index (Phi) is 10.7. The first-order valence-electron chi connectivity index (χ1n) is 9.59. The quantitative estimate of drug-likeness (QED) is 0.161. The van der Waals surface area contributed by atoms with Crippen molar-refractivity contribution >= 4 is 17.9 Å². The Bertz CT molecular complexity index is 696. The van der Waals surface area contributed by atoms with Gasteiger partial charge in [0, 0.05) is 0 Å². The van der Waals surface area contributed by atoms with Crippen LogP contribution in [0.4, 0.5) is 4.79 Å². The van der Waals surface area contributed by atoms with E-state index >= 15 is 0 Å². The number of unbranched alkanes of at least 4 members (excludes halogenated alkanes) is 2. The number of urea groups is 1. The minimum atomic E-state index is -1.33. The van der Waals surface area contributed by atoms with Gasteiger partial charge in [0.2, 0.25) is 11.8 Å². The van der Waals surface area contributed by atoms with E-state index in [1.165, 1.54) is 6.92 Å². The van der Waals surface area contributed by atoms with E-state index in [1.807, 2.05) is 6.92 Å². The summed E-state index contributed by atoms with van der Waals surface area (Å²) in [6.45, 7) is 3.04. The number of esters is 1. The second kappa shape index (κ2) is 12.7. The molecule has 0 aromatic carbocycles. The molecule has 0 spiro atoms. The molecule has 1 rings (SSSR count). The lowest BCUT2D eigenvalue weighted by Crippen LogP contribution is -2.52. The monoisotopic (exact) mass is 430 g/mol. The van der Waals surface area contributed by atoms with Crippen LogP contribution >= 0.6 is 0 Å². The van der Waals surface area contributed by atoms with Crippen molar-refractivity contribution in [1.82, 2.24) is 20.8 Å². The summed E-state index contributed by atoms with van der Waals surface area (Å²) in [5.74, 6) is -1.76. The third kappa shape index (κ3) is 8.31. The Morgan fingerprint density at radius 1 is 1.27 bits per heavy atom. The van der Waals surface area contributed by atoms with E-state index in [0.29, 0.717) is 6.42 Å². The topological polar surface area (TPSA) is 216 Å². The van der Waals surface area contributed by atoms with Gasteiger partial charge in [-0.1, -0.05) is 24.9 Å². The molecule has 13 nitrogen and oxygen atoms in total. The van der Waals surface area contributed by atoms with Crippen LogP contribution in [0.2, 0.25) is 0 Å². The predicted molar refractivity (Wildman–Crippen MR) is 102 cm³/mol. The van der Waals surface area contributed by atoms with Crippen molar-refractivity contribution in [3.63, 3.8) is 0 Å². The number of rotatable bonds is 13. The highest BCUT2D eigenvalue weighted by molar-refractivity contribution is 5.84. The third-order valence-electron chi connectivity index (χ3n) is 4.01. The summed E-state index contributed by atoms with van der Waals surface area (Å²) in [6, 6.07) is -4.26. The maximum atomic E-state index is 12.4. The lowest BCUT2D eigenvalue weighted by molar-refractivity contribution is -0.148. The van der Waals surface area contributed by atoms with E-state index in [0.717, 1.165) is 12.8 Å². The van der Waals surface area contributed by atoms with Gasteiger partial charge in [0.15, 0.2) is 11.9 Å². The van der Waals surface area contributed by atoms with Gasteiger partial charge in [0.05, 0.1) is 31.8 Å². The summed E-state index contributed by atoms with van der Waals surface area (Å²) in [4.78, 5) is 39.8. The highest BCUT2D eigenvalue weighted by Gasteiger charge is 2.30. The molecule has 0 saturated carbocycles. The molecule has 30 heavy (non-hydrogen) atoms. The average molecular weight is 430 g/mol. The maximum Gasteiger partial charge on any atom is 0.331 e. The molecule has 8 N–H and O–H groups in total. The Morgan fingerprint density at radius 3 is 2.53 bits per heavy atom. The van der Waals surface area contributed by atoms with Gasteiger partial charge >= 0.3 is 12.0 Å².